The molecule has 0 N–H and O–H groups in total. The SMILES string of the molecule is COc1ccc([C@H](C)N2C[C@@]34C=C[C@H](O3)[C@H](C(=O)OCc3ccccc3)[C@@H]4C2=O)cc1. The lowest BCUT2D eigenvalue weighted by Crippen LogP contribution is -2.40. The van der Waals surface area contributed by atoms with Gasteiger partial charge in [0.1, 0.15) is 23.9 Å². The molecular formula is C25H25NO5. The highest BCUT2D eigenvalue weighted by molar-refractivity contribution is 5.91. The second kappa shape index (κ2) is 7.54. The summed E-state index contributed by atoms with van der Waals surface area (Å²) in [6, 6.07) is 17.1. The Bertz CT molecular complexity index is 1020. The van der Waals surface area contributed by atoms with E-state index in [1.807, 2.05) is 78.6 Å². The lowest BCUT2D eigenvalue weighted by molar-refractivity contribution is -0.155. The molecule has 31 heavy (non-hydrogen) atoms. The minimum absolute atomic E-state index is 0.0585. The molecule has 2 aromatic carbocycles. The van der Waals surface area contributed by atoms with Crippen LogP contribution >= 0.6 is 0 Å². The van der Waals surface area contributed by atoms with Crippen molar-refractivity contribution in [3.05, 3.63) is 77.9 Å². The molecule has 1 spiro atoms. The van der Waals surface area contributed by atoms with Crippen LogP contribution in [0.3, 0.4) is 0 Å². The van der Waals surface area contributed by atoms with E-state index in [9.17, 15) is 9.59 Å². The molecule has 0 saturated carbocycles. The minimum atomic E-state index is -0.751. The van der Waals surface area contributed by atoms with Crippen molar-refractivity contribution in [2.24, 2.45) is 11.8 Å². The fourth-order valence-corrected chi connectivity index (χ4v) is 5.01. The molecule has 3 heterocycles. The molecule has 3 aliphatic rings. The molecular weight excluding hydrogens is 394 g/mol. The van der Waals surface area contributed by atoms with Crippen molar-refractivity contribution in [1.29, 1.82) is 0 Å². The number of benzene rings is 2. The van der Waals surface area contributed by atoms with Crippen molar-refractivity contribution < 1.29 is 23.8 Å². The largest absolute Gasteiger partial charge is 0.497 e. The predicted octanol–water partition coefficient (Wildman–Crippen LogP) is 3.28. The van der Waals surface area contributed by atoms with Crippen molar-refractivity contribution >= 4 is 11.9 Å². The molecule has 2 fully saturated rings. The van der Waals surface area contributed by atoms with Crippen LogP contribution in [0, 0.1) is 11.8 Å². The average Bonchev–Trinajstić information content (AvgIpc) is 3.46. The van der Waals surface area contributed by atoms with Gasteiger partial charge in [0.05, 0.1) is 31.7 Å². The van der Waals surface area contributed by atoms with Gasteiger partial charge in [-0.05, 0) is 30.2 Å². The van der Waals surface area contributed by atoms with E-state index < -0.39 is 23.5 Å². The summed E-state index contributed by atoms with van der Waals surface area (Å²) in [5.41, 5.74) is 1.17. The van der Waals surface area contributed by atoms with Crippen LogP contribution in [0.25, 0.3) is 0 Å². The van der Waals surface area contributed by atoms with Gasteiger partial charge in [-0.2, -0.15) is 0 Å². The molecule has 0 unspecified atom stereocenters. The first kappa shape index (κ1) is 19.8. The molecule has 0 aromatic heterocycles. The van der Waals surface area contributed by atoms with Crippen LogP contribution in [0.15, 0.2) is 66.7 Å². The molecule has 2 saturated heterocycles. The van der Waals surface area contributed by atoms with E-state index in [1.54, 1.807) is 7.11 Å². The molecule has 5 rings (SSSR count). The van der Waals surface area contributed by atoms with Crippen molar-refractivity contribution in [2.45, 2.75) is 31.3 Å². The number of amides is 1. The third kappa shape index (κ3) is 3.22. The maximum atomic E-state index is 13.5. The number of hydrogen-bond acceptors (Lipinski definition) is 5. The molecule has 160 valence electrons. The van der Waals surface area contributed by atoms with E-state index in [0.717, 1.165) is 16.9 Å². The topological polar surface area (TPSA) is 65.1 Å². The van der Waals surface area contributed by atoms with Gasteiger partial charge < -0.3 is 19.1 Å². The Balaban J connectivity index is 1.34. The number of ether oxygens (including phenoxy) is 3. The van der Waals surface area contributed by atoms with Crippen LogP contribution < -0.4 is 4.74 Å². The van der Waals surface area contributed by atoms with Crippen LogP contribution in [0.2, 0.25) is 0 Å². The van der Waals surface area contributed by atoms with Gasteiger partial charge in [-0.15, -0.1) is 0 Å². The van der Waals surface area contributed by atoms with Crippen LogP contribution in [0.4, 0.5) is 0 Å². The number of fused-ring (bicyclic) bond motifs is 1. The van der Waals surface area contributed by atoms with Gasteiger partial charge in [-0.25, -0.2) is 0 Å². The standard InChI is InChI=1S/C25H25NO5/c1-16(18-8-10-19(29-2)11-9-18)26-15-25-13-12-20(31-25)21(22(25)23(26)27)24(28)30-14-17-6-4-3-5-7-17/h3-13,16,20-22H,14-15H2,1-2H3/t16-,20-,21-,22+,25+/m0/s1. The van der Waals surface area contributed by atoms with Gasteiger partial charge >= 0.3 is 5.97 Å². The van der Waals surface area contributed by atoms with Crippen LogP contribution in [0.1, 0.15) is 24.1 Å². The van der Waals surface area contributed by atoms with E-state index in [-0.39, 0.29) is 24.5 Å². The average molecular weight is 419 g/mol. The van der Waals surface area contributed by atoms with Crippen molar-refractivity contribution in [3.8, 4) is 5.75 Å². The third-order valence-corrected chi connectivity index (χ3v) is 6.69. The second-order valence-corrected chi connectivity index (χ2v) is 8.41. The van der Waals surface area contributed by atoms with Gasteiger partial charge in [-0.1, -0.05) is 54.6 Å². The summed E-state index contributed by atoms with van der Waals surface area (Å²) in [4.78, 5) is 28.3. The minimum Gasteiger partial charge on any atom is -0.497 e. The second-order valence-electron chi connectivity index (χ2n) is 8.41. The normalized spacial score (nSPS) is 29.2. The van der Waals surface area contributed by atoms with Crippen molar-refractivity contribution in [1.82, 2.24) is 4.90 Å². The fraction of sp³-hybridized carbons (Fsp3) is 0.360. The zero-order valence-corrected chi connectivity index (χ0v) is 17.6. The Morgan fingerprint density at radius 1 is 1.19 bits per heavy atom. The number of hydrogen-bond donors (Lipinski definition) is 0. The molecule has 6 heteroatoms. The highest BCUT2D eigenvalue weighted by atomic mass is 16.6. The maximum absolute atomic E-state index is 13.5. The van der Waals surface area contributed by atoms with Gasteiger partial charge in [0.15, 0.2) is 0 Å². The van der Waals surface area contributed by atoms with E-state index in [4.69, 9.17) is 14.2 Å². The molecule has 6 nitrogen and oxygen atoms in total. The first-order chi connectivity index (χ1) is 15.0. The van der Waals surface area contributed by atoms with Crippen LogP contribution in [-0.4, -0.2) is 42.1 Å². The Morgan fingerprint density at radius 2 is 1.94 bits per heavy atom. The van der Waals surface area contributed by atoms with Crippen LogP contribution in [0.5, 0.6) is 5.75 Å². The van der Waals surface area contributed by atoms with Crippen molar-refractivity contribution in [3.63, 3.8) is 0 Å². The van der Waals surface area contributed by atoms with Gasteiger partial charge in [0.2, 0.25) is 5.91 Å². The highest BCUT2D eigenvalue weighted by Crippen LogP contribution is 2.53. The molecule has 1 amide bonds. The monoisotopic (exact) mass is 419 g/mol. The van der Waals surface area contributed by atoms with E-state index in [0.29, 0.717) is 6.54 Å². The Labute approximate surface area is 181 Å². The summed E-state index contributed by atoms with van der Waals surface area (Å²) in [7, 11) is 1.62. The Kier molecular flexibility index (Phi) is 4.82. The number of rotatable bonds is 6. The summed E-state index contributed by atoms with van der Waals surface area (Å²) in [6.45, 7) is 2.61. The van der Waals surface area contributed by atoms with Crippen molar-refractivity contribution in [2.75, 3.05) is 13.7 Å². The lowest BCUT2D eigenvalue weighted by atomic mass is 9.77. The zero-order chi connectivity index (χ0) is 21.6. The Morgan fingerprint density at radius 3 is 2.65 bits per heavy atom. The van der Waals surface area contributed by atoms with Gasteiger partial charge in [0.25, 0.3) is 0 Å². The van der Waals surface area contributed by atoms with Gasteiger partial charge in [0, 0.05) is 0 Å². The third-order valence-electron chi connectivity index (χ3n) is 6.69. The van der Waals surface area contributed by atoms with Gasteiger partial charge in [-0.3, -0.25) is 9.59 Å². The Hall–Kier alpha value is -3.12. The highest BCUT2D eigenvalue weighted by Gasteiger charge is 2.67. The summed E-state index contributed by atoms with van der Waals surface area (Å²) in [5.74, 6) is -0.833. The number of esters is 1. The summed E-state index contributed by atoms with van der Waals surface area (Å²) in [5, 5.41) is 0. The maximum Gasteiger partial charge on any atom is 0.313 e. The fourth-order valence-electron chi connectivity index (χ4n) is 5.01. The quantitative estimate of drug-likeness (QED) is 0.531. The zero-order valence-electron chi connectivity index (χ0n) is 17.6. The predicted molar refractivity (Wildman–Crippen MR) is 113 cm³/mol. The number of nitrogens with zero attached hydrogens (tertiary/aromatic N) is 1. The number of methoxy groups -OCH3 is 1. The number of likely N-dealkylation sites (tertiary alicyclic amines) is 1. The number of carbonyl (C=O) groups is 2. The van der Waals surface area contributed by atoms with Crippen LogP contribution in [-0.2, 0) is 25.7 Å². The first-order valence-corrected chi connectivity index (χ1v) is 10.5. The molecule has 0 radical (unpaired) electrons. The number of carbonyl (C=O) groups excluding carboxylic acids is 2. The first-order valence-electron chi connectivity index (χ1n) is 10.5. The summed E-state index contributed by atoms with van der Waals surface area (Å²) >= 11 is 0. The summed E-state index contributed by atoms with van der Waals surface area (Å²) < 4.78 is 17.0. The lowest BCUT2D eigenvalue weighted by Gasteiger charge is -2.27. The molecule has 5 atom stereocenters. The molecule has 2 aromatic rings. The molecule has 0 aliphatic carbocycles. The van der Waals surface area contributed by atoms with E-state index >= 15 is 0 Å². The van der Waals surface area contributed by atoms with E-state index in [2.05, 4.69) is 0 Å². The van der Waals surface area contributed by atoms with E-state index in [1.165, 1.54) is 0 Å². The molecule has 3 aliphatic heterocycles. The summed E-state index contributed by atoms with van der Waals surface area (Å²) in [6.07, 6.45) is 3.46. The molecule has 2 bridgehead atoms. The smallest absolute Gasteiger partial charge is 0.313 e.